The van der Waals surface area contributed by atoms with Crippen LogP contribution in [-0.2, 0) is 6.61 Å². The molecule has 0 spiro atoms. The summed E-state index contributed by atoms with van der Waals surface area (Å²) in [7, 11) is 0. The topological polar surface area (TPSA) is 66.0 Å². The zero-order chi connectivity index (χ0) is 21.6. The lowest BCUT2D eigenvalue weighted by Gasteiger charge is -2.19. The number of hydrogen-bond acceptors (Lipinski definition) is 5. The predicted molar refractivity (Wildman–Crippen MR) is 119 cm³/mol. The van der Waals surface area contributed by atoms with Crippen molar-refractivity contribution in [3.8, 4) is 23.0 Å². The van der Waals surface area contributed by atoms with Gasteiger partial charge in [0, 0.05) is 22.9 Å². The van der Waals surface area contributed by atoms with Gasteiger partial charge in [-0.2, -0.15) is 0 Å². The summed E-state index contributed by atoms with van der Waals surface area (Å²) in [6.07, 6.45) is 0. The number of ether oxygens (including phenoxy) is 4. The van der Waals surface area contributed by atoms with Crippen molar-refractivity contribution in [2.75, 3.05) is 25.1 Å². The molecule has 6 heteroatoms. The number of carbonyl (C=O) groups excluding carboxylic acids is 1. The molecular weight excluding hydrogens is 394 g/mol. The van der Waals surface area contributed by atoms with Gasteiger partial charge < -0.3 is 24.3 Å². The summed E-state index contributed by atoms with van der Waals surface area (Å²) in [5.41, 5.74) is 3.12. The van der Waals surface area contributed by atoms with Crippen LogP contribution in [0.5, 0.6) is 23.0 Å². The number of nitrogens with one attached hydrogen (secondary N) is 1. The van der Waals surface area contributed by atoms with Crippen molar-refractivity contribution in [3.63, 3.8) is 0 Å². The Hall–Kier alpha value is -3.67. The number of amides is 1. The lowest BCUT2D eigenvalue weighted by atomic mass is 10.1. The van der Waals surface area contributed by atoms with Gasteiger partial charge in [-0.25, -0.2) is 0 Å². The van der Waals surface area contributed by atoms with Crippen molar-refractivity contribution < 1.29 is 23.7 Å². The number of benzene rings is 3. The molecule has 160 valence electrons. The van der Waals surface area contributed by atoms with Crippen molar-refractivity contribution >= 4 is 11.6 Å². The van der Waals surface area contributed by atoms with Gasteiger partial charge in [0.15, 0.2) is 11.5 Å². The van der Waals surface area contributed by atoms with Gasteiger partial charge in [-0.3, -0.25) is 4.79 Å². The van der Waals surface area contributed by atoms with E-state index in [4.69, 9.17) is 18.9 Å². The van der Waals surface area contributed by atoms with E-state index in [0.717, 1.165) is 11.3 Å². The highest BCUT2D eigenvalue weighted by atomic mass is 16.6. The Labute approximate surface area is 181 Å². The number of aryl methyl sites for hydroxylation is 1. The number of rotatable bonds is 7. The molecule has 31 heavy (non-hydrogen) atoms. The molecule has 1 N–H and O–H groups in total. The quantitative estimate of drug-likeness (QED) is 0.584. The van der Waals surface area contributed by atoms with Gasteiger partial charge >= 0.3 is 0 Å². The Morgan fingerprint density at radius 1 is 0.935 bits per heavy atom. The van der Waals surface area contributed by atoms with Crippen molar-refractivity contribution in [1.82, 2.24) is 0 Å². The van der Waals surface area contributed by atoms with Crippen LogP contribution in [0, 0.1) is 6.92 Å². The largest absolute Gasteiger partial charge is 0.493 e. The third-order valence-corrected chi connectivity index (χ3v) is 4.84. The van der Waals surface area contributed by atoms with Crippen molar-refractivity contribution in [2.45, 2.75) is 20.5 Å². The first-order valence-corrected chi connectivity index (χ1v) is 10.3. The van der Waals surface area contributed by atoms with Crippen LogP contribution in [0.15, 0.2) is 60.7 Å². The van der Waals surface area contributed by atoms with E-state index in [1.807, 2.05) is 38.1 Å². The molecule has 0 aliphatic carbocycles. The minimum atomic E-state index is -0.226. The van der Waals surface area contributed by atoms with Crippen LogP contribution in [0.25, 0.3) is 0 Å². The number of anilines is 1. The highest BCUT2D eigenvalue weighted by Crippen LogP contribution is 2.33. The molecular formula is C25H25NO5. The molecule has 4 rings (SSSR count). The molecule has 0 radical (unpaired) electrons. The van der Waals surface area contributed by atoms with Crippen LogP contribution < -0.4 is 24.3 Å². The van der Waals surface area contributed by atoms with Gasteiger partial charge in [0.2, 0.25) is 0 Å². The van der Waals surface area contributed by atoms with Gasteiger partial charge in [0.1, 0.15) is 31.3 Å². The van der Waals surface area contributed by atoms with Gasteiger partial charge in [-0.05, 0) is 56.3 Å². The lowest BCUT2D eigenvalue weighted by molar-refractivity contribution is 0.102. The Bertz CT molecular complexity index is 1060. The van der Waals surface area contributed by atoms with E-state index in [2.05, 4.69) is 5.32 Å². The Kier molecular flexibility index (Phi) is 6.26. The number of hydrogen-bond donors (Lipinski definition) is 1. The molecule has 0 fully saturated rings. The second kappa shape index (κ2) is 9.43. The predicted octanol–water partition coefficient (Wildman–Crippen LogP) is 5.00. The molecule has 0 saturated heterocycles. The molecule has 0 unspecified atom stereocenters. The molecule has 1 heterocycles. The van der Waals surface area contributed by atoms with Gasteiger partial charge in [-0.15, -0.1) is 0 Å². The zero-order valence-electron chi connectivity index (χ0n) is 17.6. The van der Waals surface area contributed by atoms with E-state index in [-0.39, 0.29) is 5.91 Å². The first kappa shape index (κ1) is 20.6. The summed E-state index contributed by atoms with van der Waals surface area (Å²) in [6, 6.07) is 18.5. The summed E-state index contributed by atoms with van der Waals surface area (Å²) in [6.45, 7) is 5.80. The maximum Gasteiger partial charge on any atom is 0.255 e. The Morgan fingerprint density at radius 3 is 2.48 bits per heavy atom. The number of carbonyl (C=O) groups is 1. The molecule has 0 saturated carbocycles. The summed E-state index contributed by atoms with van der Waals surface area (Å²) >= 11 is 0. The van der Waals surface area contributed by atoms with E-state index in [9.17, 15) is 4.79 Å². The average molecular weight is 419 g/mol. The minimum absolute atomic E-state index is 0.226. The van der Waals surface area contributed by atoms with Crippen molar-refractivity contribution in [2.24, 2.45) is 0 Å². The maximum absolute atomic E-state index is 12.9. The monoisotopic (exact) mass is 419 g/mol. The van der Waals surface area contributed by atoms with Crippen LogP contribution in [0.1, 0.15) is 28.4 Å². The fraction of sp³-hybridized carbons (Fsp3) is 0.240. The van der Waals surface area contributed by atoms with Crippen molar-refractivity contribution in [1.29, 1.82) is 0 Å². The normalized spacial score (nSPS) is 12.2. The molecule has 0 aromatic heterocycles. The molecule has 0 atom stereocenters. The summed E-state index contributed by atoms with van der Waals surface area (Å²) in [5, 5.41) is 2.91. The van der Waals surface area contributed by atoms with E-state index < -0.39 is 0 Å². The van der Waals surface area contributed by atoms with E-state index in [1.54, 1.807) is 36.4 Å². The van der Waals surface area contributed by atoms with Crippen LogP contribution in [0.4, 0.5) is 5.69 Å². The molecule has 1 aliphatic rings. The van der Waals surface area contributed by atoms with Crippen molar-refractivity contribution in [3.05, 3.63) is 77.4 Å². The maximum atomic E-state index is 12.9. The van der Waals surface area contributed by atoms with Crippen LogP contribution >= 0.6 is 0 Å². The van der Waals surface area contributed by atoms with Crippen LogP contribution in [0.3, 0.4) is 0 Å². The first-order chi connectivity index (χ1) is 15.1. The molecule has 3 aromatic rings. The highest BCUT2D eigenvalue weighted by Gasteiger charge is 2.15. The molecule has 3 aromatic carbocycles. The summed E-state index contributed by atoms with van der Waals surface area (Å²) in [5.74, 6) is 2.55. The van der Waals surface area contributed by atoms with Gasteiger partial charge in [0.25, 0.3) is 5.91 Å². The minimum Gasteiger partial charge on any atom is -0.493 e. The van der Waals surface area contributed by atoms with Gasteiger partial charge in [-0.1, -0.05) is 17.7 Å². The second-order valence-corrected chi connectivity index (χ2v) is 7.17. The van der Waals surface area contributed by atoms with Crippen LogP contribution in [0.2, 0.25) is 0 Å². The lowest BCUT2D eigenvalue weighted by Crippen LogP contribution is -2.16. The van der Waals surface area contributed by atoms with E-state index in [1.165, 1.54) is 5.56 Å². The number of fused-ring (bicyclic) bond motifs is 1. The second-order valence-electron chi connectivity index (χ2n) is 7.17. The first-order valence-electron chi connectivity index (χ1n) is 10.3. The fourth-order valence-electron chi connectivity index (χ4n) is 3.25. The third-order valence-electron chi connectivity index (χ3n) is 4.84. The summed E-state index contributed by atoms with van der Waals surface area (Å²) in [4.78, 5) is 12.9. The zero-order valence-corrected chi connectivity index (χ0v) is 17.6. The Balaban J connectivity index is 1.50. The SMILES string of the molecule is CCOc1ccc(C(=O)Nc2ccc3c(c2)OCCO3)cc1COc1ccc(C)cc1. The highest BCUT2D eigenvalue weighted by molar-refractivity contribution is 6.04. The molecule has 6 nitrogen and oxygen atoms in total. The smallest absolute Gasteiger partial charge is 0.255 e. The van der Waals surface area contributed by atoms with Crippen LogP contribution in [-0.4, -0.2) is 25.7 Å². The standard InChI is InChI=1S/C25H25NO5/c1-3-28-22-10-6-18(14-19(22)16-31-21-8-4-17(2)5-9-21)25(27)26-20-7-11-23-24(15-20)30-13-12-29-23/h4-11,14-15H,3,12-13,16H2,1-2H3,(H,26,27). The Morgan fingerprint density at radius 2 is 1.71 bits per heavy atom. The summed E-state index contributed by atoms with van der Waals surface area (Å²) < 4.78 is 22.7. The average Bonchev–Trinajstić information content (AvgIpc) is 2.79. The van der Waals surface area contributed by atoms with Gasteiger partial charge in [0.05, 0.1) is 6.61 Å². The van der Waals surface area contributed by atoms with E-state index >= 15 is 0 Å². The molecule has 1 aliphatic heterocycles. The molecule has 0 bridgehead atoms. The molecule has 1 amide bonds. The third kappa shape index (κ3) is 5.09. The fourth-order valence-corrected chi connectivity index (χ4v) is 3.25. The van der Waals surface area contributed by atoms with E-state index in [0.29, 0.717) is 54.9 Å².